The van der Waals surface area contributed by atoms with Gasteiger partial charge in [-0.05, 0) is 73.7 Å². The number of carbonyl (C=O) groups is 2. The average Bonchev–Trinajstić information content (AvgIpc) is 3.03. The van der Waals surface area contributed by atoms with E-state index in [1.165, 1.54) is 10.7 Å². The van der Waals surface area contributed by atoms with Crippen molar-refractivity contribution in [3.05, 3.63) is 94.5 Å². The van der Waals surface area contributed by atoms with Crippen LogP contribution < -0.4 is 14.4 Å². The van der Waals surface area contributed by atoms with Gasteiger partial charge in [-0.2, -0.15) is 0 Å². The Balaban J connectivity index is 1.56. The van der Waals surface area contributed by atoms with Crippen LogP contribution in [-0.4, -0.2) is 56.6 Å². The highest BCUT2D eigenvalue weighted by molar-refractivity contribution is 9.10. The van der Waals surface area contributed by atoms with Gasteiger partial charge in [-0.1, -0.05) is 77.7 Å². The molecule has 0 aromatic heterocycles. The van der Waals surface area contributed by atoms with Crippen LogP contribution in [0.4, 0.5) is 5.69 Å². The minimum atomic E-state index is -3.60. The van der Waals surface area contributed by atoms with Crippen molar-refractivity contribution in [2.75, 3.05) is 23.7 Å². The van der Waals surface area contributed by atoms with Gasteiger partial charge in [0, 0.05) is 36.4 Å². The van der Waals surface area contributed by atoms with E-state index in [2.05, 4.69) is 21.2 Å². The van der Waals surface area contributed by atoms with Crippen LogP contribution in [0.25, 0.3) is 0 Å². The first-order valence-corrected chi connectivity index (χ1v) is 18.4. The molecule has 1 atom stereocenters. The van der Waals surface area contributed by atoms with Crippen molar-refractivity contribution in [2.45, 2.75) is 76.9 Å². The van der Waals surface area contributed by atoms with Gasteiger partial charge in [0.15, 0.2) is 0 Å². The fraction of sp³-hybridized carbons (Fsp3) is 0.429. The van der Waals surface area contributed by atoms with Crippen LogP contribution in [0.5, 0.6) is 5.75 Å². The van der Waals surface area contributed by atoms with Crippen molar-refractivity contribution < 1.29 is 22.7 Å². The van der Waals surface area contributed by atoms with E-state index < -0.39 is 16.1 Å². The molecule has 10 heteroatoms. The quantitative estimate of drug-likeness (QED) is 0.196. The number of halogens is 1. The molecule has 1 N–H and O–H groups in total. The van der Waals surface area contributed by atoms with Crippen molar-refractivity contribution in [1.29, 1.82) is 0 Å². The zero-order valence-corrected chi connectivity index (χ0v) is 28.6. The van der Waals surface area contributed by atoms with E-state index in [1.807, 2.05) is 61.5 Å². The number of nitrogens with one attached hydrogen (secondary N) is 1. The third-order valence-corrected chi connectivity index (χ3v) is 9.80. The molecule has 0 heterocycles. The Hall–Kier alpha value is -3.37. The number of sulfonamides is 1. The third kappa shape index (κ3) is 10.6. The van der Waals surface area contributed by atoms with Gasteiger partial charge in [-0.25, -0.2) is 8.42 Å². The van der Waals surface area contributed by atoms with E-state index >= 15 is 0 Å². The summed E-state index contributed by atoms with van der Waals surface area (Å²) < 4.78 is 33.2. The van der Waals surface area contributed by atoms with E-state index in [1.54, 1.807) is 29.2 Å². The summed E-state index contributed by atoms with van der Waals surface area (Å²) in [4.78, 5) is 29.7. The number of amides is 2. The summed E-state index contributed by atoms with van der Waals surface area (Å²) in [6, 6.07) is 23.8. The Morgan fingerprint density at radius 2 is 1.60 bits per heavy atom. The number of anilines is 1. The van der Waals surface area contributed by atoms with Gasteiger partial charge < -0.3 is 15.0 Å². The van der Waals surface area contributed by atoms with Gasteiger partial charge in [0.1, 0.15) is 11.8 Å². The van der Waals surface area contributed by atoms with Gasteiger partial charge >= 0.3 is 0 Å². The van der Waals surface area contributed by atoms with Crippen LogP contribution in [0.15, 0.2) is 83.3 Å². The molecule has 4 rings (SSSR count). The monoisotopic (exact) mass is 697 g/mol. The lowest BCUT2D eigenvalue weighted by Crippen LogP contribution is -2.52. The van der Waals surface area contributed by atoms with Crippen LogP contribution in [0.3, 0.4) is 0 Å². The van der Waals surface area contributed by atoms with E-state index in [4.69, 9.17) is 4.74 Å². The van der Waals surface area contributed by atoms with Crippen molar-refractivity contribution in [3.8, 4) is 5.75 Å². The lowest BCUT2D eigenvalue weighted by Gasteiger charge is -2.34. The molecule has 0 aliphatic heterocycles. The predicted octanol–water partition coefficient (Wildman–Crippen LogP) is 6.48. The van der Waals surface area contributed by atoms with Gasteiger partial charge in [-0.3, -0.25) is 13.9 Å². The first kappa shape index (κ1) is 34.5. The Bertz CT molecular complexity index is 1480. The second kappa shape index (κ2) is 16.8. The number of nitrogens with zero attached hydrogens (tertiary/aromatic N) is 2. The molecule has 1 fully saturated rings. The van der Waals surface area contributed by atoms with Crippen LogP contribution in [0, 0.1) is 0 Å². The zero-order valence-electron chi connectivity index (χ0n) is 26.2. The van der Waals surface area contributed by atoms with Crippen LogP contribution in [0.2, 0.25) is 0 Å². The SMILES string of the molecule is CCOc1ccc(N(CCCC(=O)N(Cc2ccc(Br)cc2)[C@H](Cc2ccccc2)C(=O)NC2CCCCC2)S(C)(=O)=O)cc1. The summed E-state index contributed by atoms with van der Waals surface area (Å²) in [5.41, 5.74) is 2.38. The highest BCUT2D eigenvalue weighted by Gasteiger charge is 2.32. The number of carbonyl (C=O) groups excluding carboxylic acids is 2. The second-order valence-electron chi connectivity index (χ2n) is 11.6. The number of hydrogen-bond acceptors (Lipinski definition) is 5. The van der Waals surface area contributed by atoms with E-state index in [0.717, 1.165) is 47.5 Å². The molecule has 45 heavy (non-hydrogen) atoms. The van der Waals surface area contributed by atoms with Crippen molar-refractivity contribution in [2.24, 2.45) is 0 Å². The summed E-state index contributed by atoms with van der Waals surface area (Å²) in [5, 5.41) is 3.26. The Kier molecular flexibility index (Phi) is 12.9. The van der Waals surface area contributed by atoms with Crippen LogP contribution in [-0.2, 0) is 32.6 Å². The largest absolute Gasteiger partial charge is 0.494 e. The van der Waals surface area contributed by atoms with E-state index in [0.29, 0.717) is 24.5 Å². The maximum absolute atomic E-state index is 14.1. The number of rotatable bonds is 15. The smallest absolute Gasteiger partial charge is 0.243 e. The topological polar surface area (TPSA) is 96.0 Å². The third-order valence-electron chi connectivity index (χ3n) is 8.08. The summed E-state index contributed by atoms with van der Waals surface area (Å²) in [5.74, 6) is 0.311. The average molecular weight is 699 g/mol. The van der Waals surface area contributed by atoms with Crippen molar-refractivity contribution in [3.63, 3.8) is 0 Å². The predicted molar refractivity (Wildman–Crippen MR) is 183 cm³/mol. The molecule has 1 saturated carbocycles. The first-order valence-electron chi connectivity index (χ1n) is 15.7. The molecule has 1 aliphatic carbocycles. The number of ether oxygens (including phenoxy) is 1. The molecular formula is C35H44BrN3O5S. The molecule has 2 amide bonds. The van der Waals surface area contributed by atoms with Crippen LogP contribution in [0.1, 0.15) is 63.0 Å². The standard InChI is InChI=1S/C35H44BrN3O5S/c1-3-44-32-22-20-31(21-23-32)39(45(2,42)43)24-10-15-34(40)38(26-28-16-18-29(36)19-17-28)33(25-27-11-6-4-7-12-27)35(41)37-30-13-8-5-9-14-30/h4,6-7,11-12,16-23,30,33H,3,5,8-10,13-15,24-26H2,1-2H3,(H,37,41)/t33-/m1/s1. The summed E-state index contributed by atoms with van der Waals surface area (Å²) in [6.45, 7) is 2.79. The van der Waals surface area contributed by atoms with Gasteiger partial charge in [-0.15, -0.1) is 0 Å². The molecule has 1 aliphatic rings. The van der Waals surface area contributed by atoms with Crippen molar-refractivity contribution in [1.82, 2.24) is 10.2 Å². The highest BCUT2D eigenvalue weighted by Crippen LogP contribution is 2.24. The maximum Gasteiger partial charge on any atom is 0.243 e. The minimum Gasteiger partial charge on any atom is -0.494 e. The molecule has 0 radical (unpaired) electrons. The molecule has 0 spiro atoms. The van der Waals surface area contributed by atoms with E-state index in [9.17, 15) is 18.0 Å². The molecule has 3 aromatic carbocycles. The fourth-order valence-electron chi connectivity index (χ4n) is 5.76. The molecule has 242 valence electrons. The Morgan fingerprint density at radius 1 is 0.933 bits per heavy atom. The number of benzene rings is 3. The summed E-state index contributed by atoms with van der Waals surface area (Å²) in [7, 11) is -3.60. The number of hydrogen-bond donors (Lipinski definition) is 1. The fourth-order valence-corrected chi connectivity index (χ4v) is 6.99. The molecule has 8 nitrogen and oxygen atoms in total. The van der Waals surface area contributed by atoms with Gasteiger partial charge in [0.05, 0.1) is 18.6 Å². The van der Waals surface area contributed by atoms with Gasteiger partial charge in [0.2, 0.25) is 21.8 Å². The molecule has 0 saturated heterocycles. The molecular weight excluding hydrogens is 654 g/mol. The normalized spacial score (nSPS) is 14.4. The minimum absolute atomic E-state index is 0.0849. The Labute approximate surface area is 276 Å². The second-order valence-corrected chi connectivity index (χ2v) is 14.4. The first-order chi connectivity index (χ1) is 21.6. The molecule has 3 aromatic rings. The highest BCUT2D eigenvalue weighted by atomic mass is 79.9. The Morgan fingerprint density at radius 3 is 2.22 bits per heavy atom. The molecule has 0 bridgehead atoms. The maximum atomic E-state index is 14.1. The zero-order chi connectivity index (χ0) is 32.2. The molecule has 0 unspecified atom stereocenters. The lowest BCUT2D eigenvalue weighted by molar-refractivity contribution is -0.141. The van der Waals surface area contributed by atoms with Gasteiger partial charge in [0.25, 0.3) is 0 Å². The lowest BCUT2D eigenvalue weighted by atomic mass is 9.94. The summed E-state index contributed by atoms with van der Waals surface area (Å²) in [6.07, 6.45) is 7.14. The van der Waals surface area contributed by atoms with Crippen LogP contribution >= 0.6 is 15.9 Å². The summed E-state index contributed by atoms with van der Waals surface area (Å²) >= 11 is 3.48. The van der Waals surface area contributed by atoms with Crippen molar-refractivity contribution >= 4 is 43.5 Å². The van der Waals surface area contributed by atoms with E-state index in [-0.39, 0.29) is 43.8 Å².